The number of hydrogen-bond acceptors (Lipinski definition) is 4. The summed E-state index contributed by atoms with van der Waals surface area (Å²) in [7, 11) is -3.98. The van der Waals surface area contributed by atoms with Crippen LogP contribution in [-0.4, -0.2) is 20.6 Å². The zero-order valence-corrected chi connectivity index (χ0v) is 12.0. The molecule has 4 nitrogen and oxygen atoms in total. The Morgan fingerprint density at radius 3 is 2.53 bits per heavy atom. The summed E-state index contributed by atoms with van der Waals surface area (Å²) in [6.07, 6.45) is -5.63. The Morgan fingerprint density at radius 2 is 2.05 bits per heavy atom. The van der Waals surface area contributed by atoms with Crippen molar-refractivity contribution in [2.75, 3.05) is 0 Å². The second-order valence-corrected chi connectivity index (χ2v) is 6.83. The molecule has 1 rings (SSSR count). The first-order valence-electron chi connectivity index (χ1n) is 5.43. The lowest BCUT2D eigenvalue weighted by Crippen LogP contribution is -2.36. The zero-order valence-electron chi connectivity index (χ0n) is 10.4. The second-order valence-electron chi connectivity index (χ2n) is 4.22. The van der Waals surface area contributed by atoms with Gasteiger partial charge < -0.3 is 5.73 Å². The number of rotatable bonds is 5. The van der Waals surface area contributed by atoms with Crippen LogP contribution in [0.4, 0.5) is 13.2 Å². The summed E-state index contributed by atoms with van der Waals surface area (Å²) < 4.78 is 62.7. The van der Waals surface area contributed by atoms with Crippen LogP contribution in [0.2, 0.25) is 0 Å². The van der Waals surface area contributed by atoms with Gasteiger partial charge in [0, 0.05) is 17.5 Å². The molecule has 0 aliphatic carbocycles. The maximum Gasteiger partial charge on any atom is 0.390 e. The maximum absolute atomic E-state index is 12.2. The van der Waals surface area contributed by atoms with Gasteiger partial charge in [0.15, 0.2) is 0 Å². The third-order valence-electron chi connectivity index (χ3n) is 2.34. The Morgan fingerprint density at radius 1 is 1.47 bits per heavy atom. The number of aryl methyl sites for hydroxylation is 1. The largest absolute Gasteiger partial charge is 0.390 e. The third kappa shape index (κ3) is 4.44. The van der Waals surface area contributed by atoms with Crippen molar-refractivity contribution in [3.63, 3.8) is 0 Å². The van der Waals surface area contributed by atoms with Gasteiger partial charge in [-0.25, -0.2) is 13.1 Å². The van der Waals surface area contributed by atoms with E-state index in [0.29, 0.717) is 10.4 Å². The van der Waals surface area contributed by atoms with Gasteiger partial charge >= 0.3 is 6.18 Å². The smallest absolute Gasteiger partial charge is 0.326 e. The lowest BCUT2D eigenvalue weighted by atomic mass is 10.2. The van der Waals surface area contributed by atoms with Gasteiger partial charge in [0.1, 0.15) is 4.90 Å². The van der Waals surface area contributed by atoms with E-state index in [0.717, 1.165) is 0 Å². The number of hydrogen-bond donors (Lipinski definition) is 2. The zero-order chi connectivity index (χ0) is 14.8. The minimum Gasteiger partial charge on any atom is -0.326 e. The van der Waals surface area contributed by atoms with E-state index >= 15 is 0 Å². The summed E-state index contributed by atoms with van der Waals surface area (Å²) in [6, 6.07) is -1.23. The monoisotopic (exact) mass is 316 g/mol. The van der Waals surface area contributed by atoms with Gasteiger partial charge in [-0.1, -0.05) is 0 Å². The van der Waals surface area contributed by atoms with Crippen LogP contribution in [0, 0.1) is 6.92 Å². The molecule has 1 unspecified atom stereocenters. The molecule has 0 aromatic carbocycles. The summed E-state index contributed by atoms with van der Waals surface area (Å²) in [5.41, 5.74) is 5.91. The molecule has 0 spiro atoms. The molecule has 1 atom stereocenters. The summed E-state index contributed by atoms with van der Waals surface area (Å²) in [6.45, 7) is 2.79. The molecule has 0 bridgehead atoms. The predicted molar refractivity (Wildman–Crippen MR) is 67.4 cm³/mol. The lowest BCUT2D eigenvalue weighted by molar-refractivity contribution is -0.137. The van der Waals surface area contributed by atoms with E-state index < -0.39 is 28.7 Å². The summed E-state index contributed by atoms with van der Waals surface area (Å²) in [4.78, 5) is 0.429. The van der Waals surface area contributed by atoms with Crippen molar-refractivity contribution in [3.05, 3.63) is 15.8 Å². The van der Waals surface area contributed by atoms with Crippen LogP contribution in [-0.2, 0) is 16.6 Å². The fraction of sp³-hybridized carbons (Fsp3) is 0.600. The van der Waals surface area contributed by atoms with Crippen molar-refractivity contribution in [2.24, 2.45) is 5.73 Å². The molecule has 0 fully saturated rings. The SMILES string of the molecule is Cc1csc(CN)c1S(=O)(=O)NC(C)CC(F)(F)F. The summed E-state index contributed by atoms with van der Waals surface area (Å²) in [5, 5.41) is 1.62. The number of alkyl halides is 3. The van der Waals surface area contributed by atoms with E-state index in [1.165, 1.54) is 18.3 Å². The minimum absolute atomic E-state index is 0.00553. The van der Waals surface area contributed by atoms with Crippen molar-refractivity contribution < 1.29 is 21.6 Å². The van der Waals surface area contributed by atoms with Crippen molar-refractivity contribution in [1.82, 2.24) is 4.72 Å². The molecule has 3 N–H and O–H groups in total. The molecule has 0 radical (unpaired) electrons. The fourth-order valence-corrected chi connectivity index (χ4v) is 4.65. The molecule has 1 aromatic heterocycles. The maximum atomic E-state index is 12.2. The molecule has 19 heavy (non-hydrogen) atoms. The average molecular weight is 316 g/mol. The van der Waals surface area contributed by atoms with E-state index in [2.05, 4.69) is 0 Å². The first-order chi connectivity index (χ1) is 8.57. The topological polar surface area (TPSA) is 72.2 Å². The van der Waals surface area contributed by atoms with Crippen LogP contribution in [0.25, 0.3) is 0 Å². The minimum atomic E-state index is -4.41. The van der Waals surface area contributed by atoms with Gasteiger partial charge in [0.2, 0.25) is 10.0 Å². The molecule has 9 heteroatoms. The average Bonchev–Trinajstić information content (AvgIpc) is 2.55. The van der Waals surface area contributed by atoms with Gasteiger partial charge in [-0.3, -0.25) is 0 Å². The molecule has 0 aliphatic rings. The van der Waals surface area contributed by atoms with Crippen LogP contribution < -0.4 is 10.5 Å². The molecule has 0 saturated heterocycles. The Labute approximate surface area is 113 Å². The van der Waals surface area contributed by atoms with E-state index in [-0.39, 0.29) is 11.4 Å². The Hall–Kier alpha value is -0.640. The normalized spacial score (nSPS) is 14.6. The van der Waals surface area contributed by atoms with E-state index in [9.17, 15) is 21.6 Å². The van der Waals surface area contributed by atoms with Gasteiger partial charge in [0.25, 0.3) is 0 Å². The summed E-state index contributed by atoms with van der Waals surface area (Å²) >= 11 is 1.18. The van der Waals surface area contributed by atoms with E-state index in [1.807, 2.05) is 4.72 Å². The molecule has 0 amide bonds. The molecule has 1 heterocycles. The first-order valence-corrected chi connectivity index (χ1v) is 7.79. The van der Waals surface area contributed by atoms with Crippen LogP contribution in [0.3, 0.4) is 0 Å². The van der Waals surface area contributed by atoms with Crippen LogP contribution in [0.15, 0.2) is 10.3 Å². The van der Waals surface area contributed by atoms with Crippen LogP contribution >= 0.6 is 11.3 Å². The predicted octanol–water partition coefficient (Wildman–Crippen LogP) is 2.13. The molecular formula is C10H15F3N2O2S2. The van der Waals surface area contributed by atoms with Gasteiger partial charge in [-0.15, -0.1) is 11.3 Å². The number of nitrogens with one attached hydrogen (secondary N) is 1. The number of thiophene rings is 1. The lowest BCUT2D eigenvalue weighted by Gasteiger charge is -2.16. The van der Waals surface area contributed by atoms with Gasteiger partial charge in [-0.2, -0.15) is 13.2 Å². The number of halogens is 3. The number of nitrogens with two attached hydrogens (primary N) is 1. The number of sulfonamides is 1. The first kappa shape index (κ1) is 16.4. The summed E-state index contributed by atoms with van der Waals surface area (Å²) in [5.74, 6) is 0. The van der Waals surface area contributed by atoms with Gasteiger partial charge in [-0.05, 0) is 24.8 Å². The highest BCUT2D eigenvalue weighted by Crippen LogP contribution is 2.27. The van der Waals surface area contributed by atoms with Gasteiger partial charge in [0.05, 0.1) is 6.42 Å². The highest BCUT2D eigenvalue weighted by atomic mass is 32.2. The molecule has 0 aliphatic heterocycles. The molecular weight excluding hydrogens is 301 g/mol. The molecule has 0 saturated carbocycles. The highest BCUT2D eigenvalue weighted by molar-refractivity contribution is 7.89. The molecule has 110 valence electrons. The van der Waals surface area contributed by atoms with E-state index in [4.69, 9.17) is 5.73 Å². The Bertz CT molecular complexity index is 537. The van der Waals surface area contributed by atoms with Crippen molar-refractivity contribution >= 4 is 21.4 Å². The van der Waals surface area contributed by atoms with E-state index in [1.54, 1.807) is 12.3 Å². The Kier molecular flexibility index (Phi) is 4.99. The fourth-order valence-electron chi connectivity index (χ4n) is 1.70. The highest BCUT2D eigenvalue weighted by Gasteiger charge is 2.33. The second kappa shape index (κ2) is 5.78. The molecule has 1 aromatic rings. The van der Waals surface area contributed by atoms with Crippen LogP contribution in [0.5, 0.6) is 0 Å². The van der Waals surface area contributed by atoms with Crippen LogP contribution in [0.1, 0.15) is 23.8 Å². The van der Waals surface area contributed by atoms with Crippen molar-refractivity contribution in [3.8, 4) is 0 Å². The van der Waals surface area contributed by atoms with Crippen molar-refractivity contribution in [2.45, 2.75) is 43.9 Å². The quantitative estimate of drug-likeness (QED) is 0.874. The van der Waals surface area contributed by atoms with Crippen molar-refractivity contribution in [1.29, 1.82) is 0 Å². The third-order valence-corrected chi connectivity index (χ3v) is 5.41. The Balaban J connectivity index is 2.96. The standard InChI is InChI=1S/C10H15F3N2O2S2/c1-6-5-18-8(4-14)9(6)19(16,17)15-7(2)3-10(11,12)13/h5,7,15H,3-4,14H2,1-2H3.